The van der Waals surface area contributed by atoms with Crippen LogP contribution in [0.1, 0.15) is 19.8 Å². The van der Waals surface area contributed by atoms with E-state index >= 15 is 0 Å². The third-order valence-electron chi connectivity index (χ3n) is 8.97. The number of hydrogen-bond acceptors (Lipinski definition) is 22. The first-order valence-electron chi connectivity index (χ1n) is 15.9. The van der Waals surface area contributed by atoms with Crippen molar-refractivity contribution < 1.29 is 114 Å². The Labute approximate surface area is 288 Å². The predicted molar refractivity (Wildman–Crippen MR) is 153 cm³/mol. The van der Waals surface area contributed by atoms with Gasteiger partial charge in [0.2, 0.25) is 0 Å². The minimum Gasteiger partial charge on any atom is -0.477 e. The van der Waals surface area contributed by atoms with Crippen LogP contribution in [0.4, 0.5) is 0 Å². The van der Waals surface area contributed by atoms with Crippen LogP contribution in [-0.2, 0) is 47.5 Å². The highest BCUT2D eigenvalue weighted by Crippen LogP contribution is 2.36. The van der Waals surface area contributed by atoms with Crippen LogP contribution >= 0.6 is 0 Å². The second-order valence-electron chi connectivity index (χ2n) is 12.5. The number of hydrogen-bond donors (Lipinski definition) is 13. The zero-order valence-corrected chi connectivity index (χ0v) is 27.0. The molecule has 23 heteroatoms. The molecule has 0 spiro atoms. The van der Waals surface area contributed by atoms with Crippen molar-refractivity contribution in [2.45, 2.75) is 136 Å². The molecule has 4 saturated heterocycles. The third-order valence-corrected chi connectivity index (χ3v) is 8.97. The van der Waals surface area contributed by atoms with Crippen LogP contribution in [0.3, 0.4) is 0 Å². The minimum atomic E-state index is -2.85. The second kappa shape index (κ2) is 17.5. The number of carboxylic acids is 1. The molecule has 0 aromatic rings. The van der Waals surface area contributed by atoms with E-state index in [1.807, 2.05) is 0 Å². The molecular weight excluding hydrogens is 704 g/mol. The molecule has 51 heavy (non-hydrogen) atoms. The zero-order valence-electron chi connectivity index (χ0n) is 27.0. The van der Waals surface area contributed by atoms with Crippen LogP contribution in [-0.4, -0.2) is 221 Å². The molecule has 23 nitrogen and oxygen atoms in total. The van der Waals surface area contributed by atoms with Crippen molar-refractivity contribution in [3.05, 3.63) is 0 Å². The molecule has 19 atom stereocenters. The van der Waals surface area contributed by atoms with Crippen LogP contribution in [0.25, 0.3) is 0 Å². The van der Waals surface area contributed by atoms with Crippen LogP contribution in [0.5, 0.6) is 0 Å². The highest BCUT2D eigenvalue weighted by atomic mass is 16.8. The Kier molecular flexibility index (Phi) is 14.4. The second-order valence-corrected chi connectivity index (χ2v) is 12.5. The van der Waals surface area contributed by atoms with Gasteiger partial charge in [0.1, 0.15) is 73.2 Å². The van der Waals surface area contributed by atoms with E-state index < -0.39 is 161 Å². The largest absolute Gasteiger partial charge is 0.477 e. The van der Waals surface area contributed by atoms with Crippen molar-refractivity contribution in [3.8, 4) is 0 Å². The van der Waals surface area contributed by atoms with E-state index in [1.54, 1.807) is 0 Å². The van der Waals surface area contributed by atoms with Gasteiger partial charge in [0, 0.05) is 20.0 Å². The van der Waals surface area contributed by atoms with Crippen LogP contribution < -0.4 is 0 Å². The third kappa shape index (κ3) is 8.94. The summed E-state index contributed by atoms with van der Waals surface area (Å²) in [6.07, 6.45) is -33.4. The molecule has 0 saturated carbocycles. The van der Waals surface area contributed by atoms with Gasteiger partial charge in [-0.05, 0) is 6.42 Å². The standard InChI is InChI=1S/C28H46O23/c1-8(33)44-23-16(37)14(35)11(5-30)46-26(23)49-21-13(7-32)47-24(18(39)17(21)38)50-22-15(36)12(6-31)45-25(19(22)40)48-20-9(34)4-28(43,27(41)42)51-10(20)2-3-29/h9-26,29-32,34-40,43H,2-7H2,1H3,(H,41,42)/t9?,10?,11?,12?,13?,14-,15-,16?,17?,18?,19?,20+,21-,22?,23?,24+,25-,26-,28+/m0/s1. The summed E-state index contributed by atoms with van der Waals surface area (Å²) >= 11 is 0. The lowest BCUT2D eigenvalue weighted by atomic mass is 9.93. The molecule has 4 rings (SSSR count). The van der Waals surface area contributed by atoms with Gasteiger partial charge in [0.15, 0.2) is 25.0 Å². The van der Waals surface area contributed by atoms with E-state index in [9.17, 15) is 76.0 Å². The smallest absolute Gasteiger partial charge is 0.364 e. The van der Waals surface area contributed by atoms with Crippen LogP contribution in [0, 0.1) is 0 Å². The first kappa shape index (κ1) is 41.9. The molecule has 4 heterocycles. The molecule has 296 valence electrons. The zero-order chi connectivity index (χ0) is 37.9. The van der Waals surface area contributed by atoms with Gasteiger partial charge in [-0.1, -0.05) is 0 Å². The molecule has 0 radical (unpaired) electrons. The van der Waals surface area contributed by atoms with Crippen molar-refractivity contribution >= 4 is 11.9 Å². The lowest BCUT2D eigenvalue weighted by Crippen LogP contribution is -2.67. The molecule has 0 aliphatic carbocycles. The minimum absolute atomic E-state index is 0.369. The molecule has 4 aliphatic heterocycles. The fraction of sp³-hybridized carbons (Fsp3) is 0.929. The number of aliphatic hydroxyl groups is 12. The lowest BCUT2D eigenvalue weighted by molar-refractivity contribution is -0.388. The van der Waals surface area contributed by atoms with Gasteiger partial charge in [0.05, 0.1) is 32.0 Å². The summed E-state index contributed by atoms with van der Waals surface area (Å²) < 4.78 is 43.6. The lowest BCUT2D eigenvalue weighted by Gasteiger charge is -2.49. The van der Waals surface area contributed by atoms with E-state index in [2.05, 4.69) is 0 Å². The summed E-state index contributed by atoms with van der Waals surface area (Å²) in [6, 6.07) is 0. The van der Waals surface area contributed by atoms with Crippen molar-refractivity contribution in [2.75, 3.05) is 26.4 Å². The van der Waals surface area contributed by atoms with Gasteiger partial charge in [-0.3, -0.25) is 4.79 Å². The van der Waals surface area contributed by atoms with Gasteiger partial charge < -0.3 is 104 Å². The summed E-state index contributed by atoms with van der Waals surface area (Å²) in [5.74, 6) is -5.63. The first-order chi connectivity index (χ1) is 24.0. The Morgan fingerprint density at radius 3 is 1.71 bits per heavy atom. The van der Waals surface area contributed by atoms with Crippen LogP contribution in [0.15, 0.2) is 0 Å². The maximum Gasteiger partial charge on any atom is 0.364 e. The van der Waals surface area contributed by atoms with E-state index in [4.69, 9.17) is 37.9 Å². The Bertz CT molecular complexity index is 1150. The number of aliphatic carboxylic acids is 1. The normalized spacial score (nSPS) is 47.9. The van der Waals surface area contributed by atoms with Crippen molar-refractivity contribution in [3.63, 3.8) is 0 Å². The monoisotopic (exact) mass is 750 g/mol. The first-order valence-corrected chi connectivity index (χ1v) is 15.9. The molecule has 0 aromatic carbocycles. The van der Waals surface area contributed by atoms with Gasteiger partial charge in [0.25, 0.3) is 5.79 Å². The van der Waals surface area contributed by atoms with Gasteiger partial charge in [-0.25, -0.2) is 4.79 Å². The summed E-state index contributed by atoms with van der Waals surface area (Å²) in [5.41, 5.74) is 0. The Morgan fingerprint density at radius 2 is 1.14 bits per heavy atom. The van der Waals surface area contributed by atoms with Crippen molar-refractivity contribution in [1.82, 2.24) is 0 Å². The van der Waals surface area contributed by atoms with Gasteiger partial charge in [-0.15, -0.1) is 0 Å². The summed E-state index contributed by atoms with van der Waals surface area (Å²) in [5, 5.41) is 134. The van der Waals surface area contributed by atoms with Crippen molar-refractivity contribution in [2.24, 2.45) is 0 Å². The Hall–Kier alpha value is -1.82. The number of carbonyl (C=O) groups is 2. The molecule has 4 fully saturated rings. The predicted octanol–water partition coefficient (Wildman–Crippen LogP) is -8.30. The summed E-state index contributed by atoms with van der Waals surface area (Å²) in [7, 11) is 0. The van der Waals surface area contributed by atoms with Crippen LogP contribution in [0.2, 0.25) is 0 Å². The summed E-state index contributed by atoms with van der Waals surface area (Å²) in [4.78, 5) is 23.2. The molecule has 13 N–H and O–H groups in total. The molecule has 0 aromatic heterocycles. The van der Waals surface area contributed by atoms with E-state index in [-0.39, 0.29) is 6.42 Å². The SMILES string of the molecule is CC(=O)OC1C(O)[C@@H](O)C(CO)O[C@H]1O[C@H]1C(CO)O[C@H](OC2C(O)[C@H](O[C@@H]3C(O)C[C@](O)(C(=O)O)OC3CCO)OC(CO)[C@@H]2O)C(O)C1O. The van der Waals surface area contributed by atoms with E-state index in [1.165, 1.54) is 0 Å². The number of carbonyl (C=O) groups excluding carboxylic acids is 1. The topological polar surface area (TPSA) is 371 Å². The fourth-order valence-electron chi connectivity index (χ4n) is 6.29. The number of rotatable bonds is 13. The highest BCUT2D eigenvalue weighted by molar-refractivity contribution is 5.75. The highest BCUT2D eigenvalue weighted by Gasteiger charge is 2.56. The molecule has 4 aliphatic rings. The molecule has 0 amide bonds. The van der Waals surface area contributed by atoms with E-state index in [0.29, 0.717) is 0 Å². The number of carboxylic acid groups (broad SMARTS) is 1. The molecular formula is C28H46O23. The van der Waals surface area contributed by atoms with Crippen molar-refractivity contribution in [1.29, 1.82) is 0 Å². The Morgan fingerprint density at radius 1 is 0.627 bits per heavy atom. The quantitative estimate of drug-likeness (QED) is 0.0777. The molecule has 11 unspecified atom stereocenters. The van der Waals surface area contributed by atoms with Gasteiger partial charge >= 0.3 is 11.9 Å². The number of esters is 1. The average molecular weight is 751 g/mol. The van der Waals surface area contributed by atoms with Gasteiger partial charge in [-0.2, -0.15) is 0 Å². The molecule has 0 bridgehead atoms. The fourth-order valence-corrected chi connectivity index (χ4v) is 6.29. The summed E-state index contributed by atoms with van der Waals surface area (Å²) in [6.45, 7) is -2.34. The maximum absolute atomic E-state index is 11.7. The number of aliphatic hydroxyl groups excluding tert-OH is 11. The maximum atomic E-state index is 11.7. The Balaban J connectivity index is 1.51. The number of ether oxygens (including phenoxy) is 8. The average Bonchev–Trinajstić information content (AvgIpc) is 3.07. The van der Waals surface area contributed by atoms with E-state index in [0.717, 1.165) is 6.92 Å².